The molecule has 0 bridgehead atoms. The van der Waals surface area contributed by atoms with Crippen LogP contribution in [0.2, 0.25) is 0 Å². The van der Waals surface area contributed by atoms with Gasteiger partial charge in [0.1, 0.15) is 0 Å². The maximum atomic E-state index is 12.8. The Labute approximate surface area is 143 Å². The molecule has 24 heavy (non-hydrogen) atoms. The van der Waals surface area contributed by atoms with Crippen molar-refractivity contribution in [3.8, 4) is 0 Å². The van der Waals surface area contributed by atoms with Crippen molar-refractivity contribution in [1.29, 1.82) is 0 Å². The second-order valence-corrected chi connectivity index (χ2v) is 7.31. The first-order chi connectivity index (χ1) is 11.7. The Balaban J connectivity index is 1.60. The lowest BCUT2D eigenvalue weighted by Crippen LogP contribution is -2.38. The highest BCUT2D eigenvalue weighted by molar-refractivity contribution is 6.06. The predicted molar refractivity (Wildman–Crippen MR) is 96.4 cm³/mol. The lowest BCUT2D eigenvalue weighted by molar-refractivity contribution is 0.0946. The Hall–Kier alpha value is -1.94. The molecule has 1 saturated carbocycles. The van der Waals surface area contributed by atoms with Gasteiger partial charge in [-0.1, -0.05) is 11.6 Å². The van der Waals surface area contributed by atoms with Gasteiger partial charge in [0.2, 0.25) is 0 Å². The maximum absolute atomic E-state index is 12.8. The summed E-state index contributed by atoms with van der Waals surface area (Å²) >= 11 is 0. The van der Waals surface area contributed by atoms with E-state index in [1.165, 1.54) is 25.7 Å². The maximum Gasteiger partial charge on any atom is 0.252 e. The van der Waals surface area contributed by atoms with Gasteiger partial charge in [-0.05, 0) is 69.8 Å². The minimum atomic E-state index is 0.0421. The van der Waals surface area contributed by atoms with Crippen molar-refractivity contribution in [2.24, 2.45) is 5.92 Å². The molecule has 1 aromatic carbocycles. The molecule has 1 amide bonds. The SMILES string of the molecule is Cc1ccc2nc(C3CC3)cc(C(=O)NCC3CCCNC3)c2c1. The molecule has 126 valence electrons. The molecular weight excluding hydrogens is 298 g/mol. The zero-order valence-corrected chi connectivity index (χ0v) is 14.3. The van der Waals surface area contributed by atoms with Crippen LogP contribution in [0.15, 0.2) is 24.3 Å². The first-order valence-corrected chi connectivity index (χ1v) is 9.11. The average Bonchev–Trinajstić information content (AvgIpc) is 3.45. The molecule has 0 spiro atoms. The lowest BCUT2D eigenvalue weighted by atomic mass is 9.99. The number of benzene rings is 1. The van der Waals surface area contributed by atoms with E-state index in [0.29, 0.717) is 11.8 Å². The van der Waals surface area contributed by atoms with Crippen molar-refractivity contribution in [2.45, 2.75) is 38.5 Å². The van der Waals surface area contributed by atoms with Crippen LogP contribution in [0, 0.1) is 12.8 Å². The van der Waals surface area contributed by atoms with Crippen LogP contribution in [0.4, 0.5) is 0 Å². The molecule has 2 N–H and O–H groups in total. The van der Waals surface area contributed by atoms with Gasteiger partial charge in [-0.15, -0.1) is 0 Å². The number of carbonyl (C=O) groups excluding carboxylic acids is 1. The number of pyridine rings is 1. The van der Waals surface area contributed by atoms with Crippen molar-refractivity contribution in [1.82, 2.24) is 15.6 Å². The van der Waals surface area contributed by atoms with E-state index in [1.54, 1.807) is 0 Å². The van der Waals surface area contributed by atoms with E-state index in [2.05, 4.69) is 29.7 Å². The highest BCUT2D eigenvalue weighted by Crippen LogP contribution is 2.40. The molecule has 2 aromatic rings. The third-order valence-corrected chi connectivity index (χ3v) is 5.17. The van der Waals surface area contributed by atoms with Crippen LogP contribution in [0.25, 0.3) is 10.9 Å². The van der Waals surface area contributed by atoms with Crippen molar-refractivity contribution >= 4 is 16.8 Å². The summed E-state index contributed by atoms with van der Waals surface area (Å²) in [5.41, 5.74) is 3.97. The third-order valence-electron chi connectivity index (χ3n) is 5.17. The number of aromatic nitrogens is 1. The average molecular weight is 323 g/mol. The van der Waals surface area contributed by atoms with Crippen LogP contribution in [0.5, 0.6) is 0 Å². The fourth-order valence-electron chi connectivity index (χ4n) is 3.57. The van der Waals surface area contributed by atoms with Crippen LogP contribution in [-0.2, 0) is 0 Å². The minimum absolute atomic E-state index is 0.0421. The monoisotopic (exact) mass is 323 g/mol. The molecule has 4 nitrogen and oxygen atoms in total. The Morgan fingerprint density at radius 3 is 2.92 bits per heavy atom. The summed E-state index contributed by atoms with van der Waals surface area (Å²) in [5, 5.41) is 7.54. The van der Waals surface area contributed by atoms with Gasteiger partial charge < -0.3 is 10.6 Å². The summed E-state index contributed by atoms with van der Waals surface area (Å²) in [6, 6.07) is 8.21. The molecule has 1 saturated heterocycles. The quantitative estimate of drug-likeness (QED) is 0.909. The first-order valence-electron chi connectivity index (χ1n) is 9.11. The normalized spacial score (nSPS) is 21.0. The third kappa shape index (κ3) is 3.29. The summed E-state index contributed by atoms with van der Waals surface area (Å²) in [4.78, 5) is 17.6. The number of rotatable bonds is 4. The van der Waals surface area contributed by atoms with Gasteiger partial charge in [0, 0.05) is 23.5 Å². The van der Waals surface area contributed by atoms with Gasteiger partial charge in [0.05, 0.1) is 11.1 Å². The largest absolute Gasteiger partial charge is 0.352 e. The van der Waals surface area contributed by atoms with E-state index in [4.69, 9.17) is 4.98 Å². The fourth-order valence-corrected chi connectivity index (χ4v) is 3.57. The summed E-state index contributed by atoms with van der Waals surface area (Å²) in [7, 11) is 0. The van der Waals surface area contributed by atoms with Crippen LogP contribution >= 0.6 is 0 Å². The number of aryl methyl sites for hydroxylation is 1. The van der Waals surface area contributed by atoms with E-state index in [9.17, 15) is 4.79 Å². The number of piperidine rings is 1. The number of hydrogen-bond donors (Lipinski definition) is 2. The van der Waals surface area contributed by atoms with E-state index < -0.39 is 0 Å². The minimum Gasteiger partial charge on any atom is -0.352 e. The van der Waals surface area contributed by atoms with Crippen molar-refractivity contribution < 1.29 is 4.79 Å². The van der Waals surface area contributed by atoms with Crippen molar-refractivity contribution in [3.05, 3.63) is 41.1 Å². The van der Waals surface area contributed by atoms with Crippen LogP contribution in [0.3, 0.4) is 0 Å². The second-order valence-electron chi connectivity index (χ2n) is 7.31. The molecule has 1 atom stereocenters. The van der Waals surface area contributed by atoms with Crippen LogP contribution < -0.4 is 10.6 Å². The molecule has 2 fully saturated rings. The summed E-state index contributed by atoms with van der Waals surface area (Å²) in [6.45, 7) is 4.91. The molecule has 1 unspecified atom stereocenters. The van der Waals surface area contributed by atoms with Gasteiger partial charge in [0.15, 0.2) is 0 Å². The molecule has 1 aromatic heterocycles. The Kier molecular flexibility index (Phi) is 4.23. The first kappa shape index (κ1) is 15.6. The molecule has 0 radical (unpaired) electrons. The molecule has 1 aliphatic carbocycles. The Morgan fingerprint density at radius 1 is 1.29 bits per heavy atom. The zero-order chi connectivity index (χ0) is 16.5. The highest BCUT2D eigenvalue weighted by atomic mass is 16.1. The molecule has 2 aliphatic rings. The van der Waals surface area contributed by atoms with Gasteiger partial charge in [-0.3, -0.25) is 9.78 Å². The predicted octanol–water partition coefficient (Wildman–Crippen LogP) is 3.15. The number of amides is 1. The van der Waals surface area contributed by atoms with Crippen LogP contribution in [-0.4, -0.2) is 30.5 Å². The summed E-state index contributed by atoms with van der Waals surface area (Å²) < 4.78 is 0. The second kappa shape index (κ2) is 6.52. The molecule has 2 heterocycles. The number of fused-ring (bicyclic) bond motifs is 1. The molecule has 1 aliphatic heterocycles. The number of carbonyl (C=O) groups is 1. The molecule has 4 heteroatoms. The summed E-state index contributed by atoms with van der Waals surface area (Å²) in [6.07, 6.45) is 4.78. The van der Waals surface area contributed by atoms with Crippen LogP contribution in [0.1, 0.15) is 53.2 Å². The van der Waals surface area contributed by atoms with Gasteiger partial charge in [-0.2, -0.15) is 0 Å². The van der Waals surface area contributed by atoms with Crippen molar-refractivity contribution in [2.75, 3.05) is 19.6 Å². The number of hydrogen-bond acceptors (Lipinski definition) is 3. The van der Waals surface area contributed by atoms with Gasteiger partial charge in [-0.25, -0.2) is 0 Å². The van der Waals surface area contributed by atoms with E-state index in [0.717, 1.165) is 47.4 Å². The number of nitrogens with one attached hydrogen (secondary N) is 2. The molecular formula is C20H25N3O. The van der Waals surface area contributed by atoms with Gasteiger partial charge >= 0.3 is 0 Å². The smallest absolute Gasteiger partial charge is 0.252 e. The van der Waals surface area contributed by atoms with E-state index in [-0.39, 0.29) is 5.91 Å². The standard InChI is InChI=1S/C20H25N3O/c1-13-4-7-18-16(9-13)17(10-19(23-18)15-5-6-15)20(24)22-12-14-3-2-8-21-11-14/h4,7,9-10,14-15,21H,2-3,5-6,8,11-12H2,1H3,(H,22,24). The lowest BCUT2D eigenvalue weighted by Gasteiger charge is -2.23. The topological polar surface area (TPSA) is 54.0 Å². The summed E-state index contributed by atoms with van der Waals surface area (Å²) in [5.74, 6) is 1.13. The van der Waals surface area contributed by atoms with E-state index >= 15 is 0 Å². The number of nitrogens with zero attached hydrogens (tertiary/aromatic N) is 1. The fraction of sp³-hybridized carbons (Fsp3) is 0.500. The molecule has 4 rings (SSSR count). The zero-order valence-electron chi connectivity index (χ0n) is 14.3. The highest BCUT2D eigenvalue weighted by Gasteiger charge is 2.27. The van der Waals surface area contributed by atoms with Crippen molar-refractivity contribution in [3.63, 3.8) is 0 Å². The Morgan fingerprint density at radius 2 is 2.17 bits per heavy atom. The Bertz CT molecular complexity index is 761. The van der Waals surface area contributed by atoms with Gasteiger partial charge in [0.25, 0.3) is 5.91 Å². The van der Waals surface area contributed by atoms with E-state index in [1.807, 2.05) is 12.1 Å².